The highest BCUT2D eigenvalue weighted by Gasteiger charge is 2.03. The molecular weight excluding hydrogens is 282 g/mol. The van der Waals surface area contributed by atoms with Crippen LogP contribution in [0.4, 0.5) is 0 Å². The largest absolute Gasteiger partial charge is 0.493 e. The molecule has 0 atom stereocenters. The first kappa shape index (κ1) is 13.7. The average Bonchev–Trinajstić information content (AvgIpc) is 3.02. The van der Waals surface area contributed by atoms with Gasteiger partial charge in [-0.3, -0.25) is 0 Å². The van der Waals surface area contributed by atoms with Gasteiger partial charge in [0.25, 0.3) is 0 Å². The second-order valence-corrected chi connectivity index (χ2v) is 5.38. The lowest BCUT2D eigenvalue weighted by atomic mass is 10.3. The molecule has 0 aliphatic rings. The molecule has 0 saturated heterocycles. The summed E-state index contributed by atoms with van der Waals surface area (Å²) in [4.78, 5) is 4.30. The van der Waals surface area contributed by atoms with Crippen LogP contribution in [0.5, 0.6) is 5.75 Å². The van der Waals surface area contributed by atoms with E-state index in [-0.39, 0.29) is 0 Å². The third-order valence-electron chi connectivity index (χ3n) is 2.82. The third-order valence-corrected chi connectivity index (χ3v) is 3.63. The van der Waals surface area contributed by atoms with E-state index < -0.39 is 0 Å². The predicted molar refractivity (Wildman–Crippen MR) is 84.0 cm³/mol. The van der Waals surface area contributed by atoms with Gasteiger partial charge in [-0.05, 0) is 24.3 Å². The van der Waals surface area contributed by atoms with Crippen LogP contribution in [0.25, 0.3) is 5.69 Å². The average molecular weight is 297 g/mol. The Balaban J connectivity index is 1.49. The van der Waals surface area contributed by atoms with E-state index >= 15 is 0 Å². The summed E-state index contributed by atoms with van der Waals surface area (Å²) in [6, 6.07) is 19.8. The summed E-state index contributed by atoms with van der Waals surface area (Å²) >= 11 is 1.59. The SMILES string of the molecule is c1ccc(OCCSc2ncn(-c3ccccc3)n2)cc1. The Bertz CT molecular complexity index is 670. The number of hydrogen-bond acceptors (Lipinski definition) is 4. The van der Waals surface area contributed by atoms with E-state index in [4.69, 9.17) is 4.74 Å². The zero-order valence-corrected chi connectivity index (χ0v) is 12.2. The van der Waals surface area contributed by atoms with Gasteiger partial charge >= 0.3 is 0 Å². The number of hydrogen-bond donors (Lipinski definition) is 0. The maximum atomic E-state index is 5.64. The molecule has 0 spiro atoms. The molecule has 4 nitrogen and oxygen atoms in total. The van der Waals surface area contributed by atoms with Gasteiger partial charge in [0.1, 0.15) is 12.1 Å². The molecule has 3 aromatic rings. The molecule has 0 bridgehead atoms. The van der Waals surface area contributed by atoms with E-state index in [1.807, 2.05) is 60.7 Å². The number of rotatable bonds is 6. The minimum Gasteiger partial charge on any atom is -0.493 e. The normalized spacial score (nSPS) is 10.5. The molecule has 3 rings (SSSR count). The van der Waals surface area contributed by atoms with Crippen LogP contribution in [0.1, 0.15) is 0 Å². The number of thioether (sulfide) groups is 1. The standard InChI is InChI=1S/C16H15N3OS/c1-3-7-14(8-4-1)19-13-17-16(18-19)21-12-11-20-15-9-5-2-6-10-15/h1-10,13H,11-12H2. The summed E-state index contributed by atoms with van der Waals surface area (Å²) < 4.78 is 7.41. The highest BCUT2D eigenvalue weighted by atomic mass is 32.2. The van der Waals surface area contributed by atoms with Crippen LogP contribution in [0, 0.1) is 0 Å². The van der Waals surface area contributed by atoms with Crippen LogP contribution in [0.3, 0.4) is 0 Å². The number of benzene rings is 2. The molecule has 1 heterocycles. The Morgan fingerprint density at radius 1 is 0.952 bits per heavy atom. The molecule has 5 heteroatoms. The first-order valence-corrected chi connectivity index (χ1v) is 7.68. The number of nitrogens with zero attached hydrogens (tertiary/aromatic N) is 3. The number of para-hydroxylation sites is 2. The molecule has 0 amide bonds. The number of ether oxygens (including phenoxy) is 1. The van der Waals surface area contributed by atoms with Crippen LogP contribution in [0.15, 0.2) is 72.1 Å². The van der Waals surface area contributed by atoms with Crippen molar-refractivity contribution in [2.75, 3.05) is 12.4 Å². The van der Waals surface area contributed by atoms with Crippen molar-refractivity contribution in [1.82, 2.24) is 14.8 Å². The van der Waals surface area contributed by atoms with Crippen molar-refractivity contribution >= 4 is 11.8 Å². The second-order valence-electron chi connectivity index (χ2n) is 4.32. The highest BCUT2D eigenvalue weighted by molar-refractivity contribution is 7.99. The zero-order chi connectivity index (χ0) is 14.3. The van der Waals surface area contributed by atoms with E-state index in [1.165, 1.54) is 0 Å². The van der Waals surface area contributed by atoms with Crippen molar-refractivity contribution in [3.8, 4) is 11.4 Å². The molecule has 0 aliphatic carbocycles. The fourth-order valence-corrected chi connectivity index (χ4v) is 2.44. The smallest absolute Gasteiger partial charge is 0.208 e. The lowest BCUT2D eigenvalue weighted by Gasteiger charge is -2.03. The monoisotopic (exact) mass is 297 g/mol. The van der Waals surface area contributed by atoms with Crippen molar-refractivity contribution in [1.29, 1.82) is 0 Å². The Hall–Kier alpha value is -2.27. The molecule has 0 fully saturated rings. The quantitative estimate of drug-likeness (QED) is 0.516. The molecule has 0 aliphatic heterocycles. The highest BCUT2D eigenvalue weighted by Crippen LogP contribution is 2.15. The van der Waals surface area contributed by atoms with E-state index in [1.54, 1.807) is 22.8 Å². The van der Waals surface area contributed by atoms with Crippen molar-refractivity contribution in [2.45, 2.75) is 5.16 Å². The van der Waals surface area contributed by atoms with Gasteiger partial charge in [-0.15, -0.1) is 5.10 Å². The Morgan fingerprint density at radius 2 is 1.67 bits per heavy atom. The fourth-order valence-electron chi connectivity index (χ4n) is 1.83. The second kappa shape index (κ2) is 6.95. The maximum absolute atomic E-state index is 5.64. The van der Waals surface area contributed by atoms with Crippen molar-refractivity contribution < 1.29 is 4.74 Å². The molecule has 2 aromatic carbocycles. The van der Waals surface area contributed by atoms with E-state index in [2.05, 4.69) is 10.1 Å². The Kier molecular flexibility index (Phi) is 4.53. The Labute approximate surface area is 127 Å². The predicted octanol–water partition coefficient (Wildman–Crippen LogP) is 3.44. The lowest BCUT2D eigenvalue weighted by molar-refractivity contribution is 0.344. The van der Waals surface area contributed by atoms with Crippen LogP contribution >= 0.6 is 11.8 Å². The van der Waals surface area contributed by atoms with Crippen LogP contribution in [-0.2, 0) is 0 Å². The number of aromatic nitrogens is 3. The molecule has 106 valence electrons. The zero-order valence-electron chi connectivity index (χ0n) is 11.4. The van der Waals surface area contributed by atoms with Gasteiger partial charge in [-0.25, -0.2) is 9.67 Å². The van der Waals surface area contributed by atoms with Gasteiger partial charge in [-0.1, -0.05) is 48.2 Å². The molecule has 21 heavy (non-hydrogen) atoms. The van der Waals surface area contributed by atoms with Gasteiger partial charge < -0.3 is 4.74 Å². The summed E-state index contributed by atoms with van der Waals surface area (Å²) in [5, 5.41) is 5.20. The van der Waals surface area contributed by atoms with Crippen LogP contribution in [-0.4, -0.2) is 27.1 Å². The van der Waals surface area contributed by atoms with Crippen molar-refractivity contribution in [3.63, 3.8) is 0 Å². The summed E-state index contributed by atoms with van der Waals surface area (Å²) in [5.74, 6) is 1.70. The minimum atomic E-state index is 0.633. The van der Waals surface area contributed by atoms with Gasteiger partial charge in [-0.2, -0.15) is 0 Å². The first-order valence-electron chi connectivity index (χ1n) is 6.69. The Morgan fingerprint density at radius 3 is 2.43 bits per heavy atom. The third kappa shape index (κ3) is 3.86. The van der Waals surface area contributed by atoms with Crippen molar-refractivity contribution in [2.24, 2.45) is 0 Å². The summed E-state index contributed by atoms with van der Waals surface area (Å²) in [5.41, 5.74) is 1.01. The van der Waals surface area contributed by atoms with Gasteiger partial charge in [0.15, 0.2) is 0 Å². The summed E-state index contributed by atoms with van der Waals surface area (Å²) in [6.07, 6.45) is 1.73. The van der Waals surface area contributed by atoms with Gasteiger partial charge in [0.2, 0.25) is 5.16 Å². The van der Waals surface area contributed by atoms with Crippen LogP contribution in [0.2, 0.25) is 0 Å². The molecule has 0 saturated carbocycles. The van der Waals surface area contributed by atoms with Gasteiger partial charge in [0.05, 0.1) is 12.3 Å². The molecule has 0 radical (unpaired) electrons. The summed E-state index contributed by atoms with van der Waals surface area (Å²) in [6.45, 7) is 0.633. The lowest BCUT2D eigenvalue weighted by Crippen LogP contribution is -2.00. The van der Waals surface area contributed by atoms with Crippen molar-refractivity contribution in [3.05, 3.63) is 67.0 Å². The summed E-state index contributed by atoms with van der Waals surface area (Å²) in [7, 11) is 0. The maximum Gasteiger partial charge on any atom is 0.208 e. The topological polar surface area (TPSA) is 39.9 Å². The molecule has 0 N–H and O–H groups in total. The fraction of sp³-hybridized carbons (Fsp3) is 0.125. The first-order chi connectivity index (χ1) is 10.4. The van der Waals surface area contributed by atoms with Crippen LogP contribution < -0.4 is 4.74 Å². The van der Waals surface area contributed by atoms with E-state index in [9.17, 15) is 0 Å². The molecular formula is C16H15N3OS. The minimum absolute atomic E-state index is 0.633. The van der Waals surface area contributed by atoms with E-state index in [0.717, 1.165) is 22.3 Å². The molecule has 0 unspecified atom stereocenters. The van der Waals surface area contributed by atoms with Gasteiger partial charge in [0, 0.05) is 5.75 Å². The van der Waals surface area contributed by atoms with E-state index in [0.29, 0.717) is 6.61 Å². The molecule has 1 aromatic heterocycles.